The van der Waals surface area contributed by atoms with Crippen LogP contribution >= 0.6 is 22.3 Å². The van der Waals surface area contributed by atoms with Gasteiger partial charge < -0.3 is 0 Å². The van der Waals surface area contributed by atoms with Gasteiger partial charge in [0.1, 0.15) is 11.2 Å². The van der Waals surface area contributed by atoms with Crippen LogP contribution in [0.3, 0.4) is 0 Å². The summed E-state index contributed by atoms with van der Waals surface area (Å²) in [6.07, 6.45) is 2.82. The van der Waals surface area contributed by atoms with Gasteiger partial charge in [-0.15, -0.1) is 0 Å². The fraction of sp³-hybridized carbons (Fsp3) is 0.364. The minimum atomic E-state index is -4.02. The van der Waals surface area contributed by atoms with Crippen LogP contribution in [0, 0.1) is 0 Å². The molecule has 0 atom stereocenters. The second-order valence-electron chi connectivity index (χ2n) is 5.14. The van der Waals surface area contributed by atoms with Gasteiger partial charge in [-0.05, 0) is 0 Å². The molecule has 0 aliphatic carbocycles. The van der Waals surface area contributed by atoms with E-state index < -0.39 is 14.5 Å². The molecule has 20 heavy (non-hydrogen) atoms. The fourth-order valence-electron chi connectivity index (χ4n) is 1.65. The van der Waals surface area contributed by atoms with E-state index in [1.54, 1.807) is 6.07 Å². The Morgan fingerprint density at radius 3 is 2.35 bits per heavy atom. The van der Waals surface area contributed by atoms with E-state index in [2.05, 4.69) is 15.1 Å². The van der Waals surface area contributed by atoms with E-state index in [1.807, 2.05) is 20.8 Å². The fourth-order valence-corrected chi connectivity index (χ4v) is 3.59. The molecule has 0 spiro atoms. The summed E-state index contributed by atoms with van der Waals surface area (Å²) in [6.45, 7) is 5.46. The van der Waals surface area contributed by atoms with Crippen LogP contribution < -0.4 is 0 Å². The highest BCUT2D eigenvalue weighted by atomic mass is 35.7. The first kappa shape index (κ1) is 15.2. The van der Waals surface area contributed by atoms with E-state index in [9.17, 15) is 8.42 Å². The predicted molar refractivity (Wildman–Crippen MR) is 75.9 cm³/mol. The zero-order valence-corrected chi connectivity index (χ0v) is 13.3. The van der Waals surface area contributed by atoms with Crippen LogP contribution in [0.5, 0.6) is 0 Å². The molecule has 2 aromatic rings. The van der Waals surface area contributed by atoms with Gasteiger partial charge in [-0.3, -0.25) is 0 Å². The first-order valence-corrected chi connectivity index (χ1v) is 8.31. The first-order chi connectivity index (χ1) is 9.12. The van der Waals surface area contributed by atoms with Crippen molar-refractivity contribution in [2.24, 2.45) is 0 Å². The van der Waals surface area contributed by atoms with E-state index in [0.717, 1.165) is 0 Å². The van der Waals surface area contributed by atoms with Gasteiger partial charge >= 0.3 is 0 Å². The smallest absolute Gasteiger partial charge is 0.245 e. The second kappa shape index (κ2) is 4.98. The summed E-state index contributed by atoms with van der Waals surface area (Å²) in [7, 11) is 1.46. The number of nitrogens with zero attached hydrogens (tertiary/aromatic N) is 4. The zero-order chi connectivity index (χ0) is 15.1. The molecule has 0 fully saturated rings. The van der Waals surface area contributed by atoms with Crippen molar-refractivity contribution in [1.82, 2.24) is 19.7 Å². The SMILES string of the molecule is CC(C)(C)c1nn(-c2ccncn2)c(Cl)c1S(=O)(=O)Cl. The van der Waals surface area contributed by atoms with Crippen LogP contribution in [-0.4, -0.2) is 28.2 Å². The second-order valence-corrected chi connectivity index (χ2v) is 8.00. The number of halogens is 2. The first-order valence-electron chi connectivity index (χ1n) is 5.62. The third kappa shape index (κ3) is 2.79. The maximum atomic E-state index is 11.8. The summed E-state index contributed by atoms with van der Waals surface area (Å²) >= 11 is 6.13. The van der Waals surface area contributed by atoms with Crippen LogP contribution in [0.15, 0.2) is 23.5 Å². The van der Waals surface area contributed by atoms with Crippen LogP contribution in [-0.2, 0) is 14.5 Å². The standard InChI is InChI=1S/C11H12Cl2N4O2S/c1-11(2,3)9-8(20(13,18)19)10(12)17(16-9)7-4-5-14-6-15-7/h4-6H,1-3H3. The number of hydrogen-bond acceptors (Lipinski definition) is 5. The molecule has 0 N–H and O–H groups in total. The molecule has 0 amide bonds. The summed E-state index contributed by atoms with van der Waals surface area (Å²) in [4.78, 5) is 7.60. The van der Waals surface area contributed by atoms with Crippen molar-refractivity contribution >= 4 is 31.3 Å². The molecule has 2 rings (SSSR count). The summed E-state index contributed by atoms with van der Waals surface area (Å²) < 4.78 is 24.8. The normalized spacial score (nSPS) is 12.7. The number of aromatic nitrogens is 4. The van der Waals surface area contributed by atoms with Gasteiger partial charge in [0.25, 0.3) is 9.05 Å². The highest BCUT2D eigenvalue weighted by Crippen LogP contribution is 2.36. The van der Waals surface area contributed by atoms with Crippen molar-refractivity contribution in [2.45, 2.75) is 31.1 Å². The Balaban J connectivity index is 2.79. The molecule has 2 aromatic heterocycles. The lowest BCUT2D eigenvalue weighted by Crippen LogP contribution is -2.15. The molecule has 108 valence electrons. The zero-order valence-electron chi connectivity index (χ0n) is 11.0. The lowest BCUT2D eigenvalue weighted by Gasteiger charge is -2.16. The third-order valence-electron chi connectivity index (χ3n) is 2.53. The highest BCUT2D eigenvalue weighted by molar-refractivity contribution is 8.13. The summed E-state index contributed by atoms with van der Waals surface area (Å²) in [5.74, 6) is 0.363. The molecule has 0 aliphatic rings. The molecule has 0 saturated carbocycles. The van der Waals surface area contributed by atoms with E-state index in [0.29, 0.717) is 5.82 Å². The average Bonchev–Trinajstić information content (AvgIpc) is 2.67. The molecule has 0 radical (unpaired) electrons. The monoisotopic (exact) mass is 334 g/mol. The van der Waals surface area contributed by atoms with E-state index >= 15 is 0 Å². The Hall–Kier alpha value is -1.18. The van der Waals surface area contributed by atoms with Gasteiger partial charge in [0, 0.05) is 28.4 Å². The molecule has 0 unspecified atom stereocenters. The molecule has 0 bridgehead atoms. The Morgan fingerprint density at radius 2 is 1.95 bits per heavy atom. The van der Waals surface area contributed by atoms with E-state index in [-0.39, 0.29) is 15.7 Å². The maximum Gasteiger partial charge on any atom is 0.266 e. The Labute approximate surface area is 126 Å². The quantitative estimate of drug-likeness (QED) is 0.788. The van der Waals surface area contributed by atoms with Gasteiger partial charge in [-0.25, -0.2) is 23.1 Å². The predicted octanol–water partition coefficient (Wildman–Crippen LogP) is 2.54. The van der Waals surface area contributed by atoms with Crippen molar-refractivity contribution in [3.63, 3.8) is 0 Å². The van der Waals surface area contributed by atoms with Crippen LogP contribution in [0.1, 0.15) is 26.5 Å². The van der Waals surface area contributed by atoms with Crippen molar-refractivity contribution in [1.29, 1.82) is 0 Å². The largest absolute Gasteiger partial charge is 0.266 e. The van der Waals surface area contributed by atoms with Crippen molar-refractivity contribution in [3.05, 3.63) is 29.4 Å². The molecular formula is C11H12Cl2N4O2S. The summed E-state index contributed by atoms with van der Waals surface area (Å²) in [6, 6.07) is 1.57. The Bertz CT molecular complexity index is 736. The lowest BCUT2D eigenvalue weighted by atomic mass is 9.92. The molecule has 9 heteroatoms. The van der Waals surface area contributed by atoms with Gasteiger partial charge in [0.2, 0.25) is 0 Å². The molecule has 2 heterocycles. The average molecular weight is 335 g/mol. The molecule has 0 aliphatic heterocycles. The topological polar surface area (TPSA) is 77.7 Å². The number of rotatable bonds is 2. The molecule has 6 nitrogen and oxygen atoms in total. The minimum Gasteiger partial charge on any atom is -0.245 e. The Morgan fingerprint density at radius 1 is 1.30 bits per heavy atom. The molecular weight excluding hydrogens is 323 g/mol. The Kier molecular flexibility index (Phi) is 3.79. The van der Waals surface area contributed by atoms with Crippen molar-refractivity contribution in [3.8, 4) is 5.82 Å². The maximum absolute atomic E-state index is 11.8. The van der Waals surface area contributed by atoms with Crippen LogP contribution in [0.4, 0.5) is 0 Å². The van der Waals surface area contributed by atoms with Crippen molar-refractivity contribution < 1.29 is 8.42 Å². The minimum absolute atomic E-state index is 0.0939. The summed E-state index contributed by atoms with van der Waals surface area (Å²) in [5.41, 5.74) is -0.254. The van der Waals surface area contributed by atoms with Gasteiger partial charge in [0.15, 0.2) is 11.0 Å². The van der Waals surface area contributed by atoms with Crippen LogP contribution in [0.25, 0.3) is 5.82 Å². The summed E-state index contributed by atoms with van der Waals surface area (Å²) in [5, 5.41) is 4.15. The highest BCUT2D eigenvalue weighted by Gasteiger charge is 2.33. The van der Waals surface area contributed by atoms with Crippen LogP contribution in [0.2, 0.25) is 5.15 Å². The van der Waals surface area contributed by atoms with Gasteiger partial charge in [-0.2, -0.15) is 5.10 Å². The van der Waals surface area contributed by atoms with Crippen molar-refractivity contribution in [2.75, 3.05) is 0 Å². The van der Waals surface area contributed by atoms with E-state index in [4.69, 9.17) is 22.3 Å². The van der Waals surface area contributed by atoms with E-state index in [1.165, 1.54) is 17.2 Å². The lowest BCUT2D eigenvalue weighted by molar-refractivity contribution is 0.544. The number of hydrogen-bond donors (Lipinski definition) is 0. The van der Waals surface area contributed by atoms with Gasteiger partial charge in [-0.1, -0.05) is 32.4 Å². The molecule has 0 aromatic carbocycles. The van der Waals surface area contributed by atoms with Gasteiger partial charge in [0.05, 0.1) is 5.69 Å². The molecule has 0 saturated heterocycles. The third-order valence-corrected chi connectivity index (χ3v) is 4.32.